The van der Waals surface area contributed by atoms with Gasteiger partial charge in [-0.15, -0.1) is 10.2 Å². The molecule has 21 heavy (non-hydrogen) atoms. The van der Waals surface area contributed by atoms with Gasteiger partial charge in [0.15, 0.2) is 5.16 Å². The van der Waals surface area contributed by atoms with Crippen molar-refractivity contribution in [2.45, 2.75) is 25.0 Å². The minimum atomic E-state index is -0.906. The highest BCUT2D eigenvalue weighted by atomic mass is 32.2. The van der Waals surface area contributed by atoms with Gasteiger partial charge in [0.05, 0.1) is 19.0 Å². The molecular formula is C12H18N4O4S. The highest BCUT2D eigenvalue weighted by molar-refractivity contribution is 7.99. The van der Waals surface area contributed by atoms with Crippen molar-refractivity contribution in [3.8, 4) is 0 Å². The van der Waals surface area contributed by atoms with Crippen LogP contribution in [0.1, 0.15) is 12.2 Å². The van der Waals surface area contributed by atoms with Gasteiger partial charge in [0.1, 0.15) is 5.82 Å². The minimum absolute atomic E-state index is 0.0700. The van der Waals surface area contributed by atoms with Crippen LogP contribution in [0.5, 0.6) is 0 Å². The topological polar surface area (TPSA) is 97.5 Å². The zero-order valence-electron chi connectivity index (χ0n) is 11.8. The average molecular weight is 314 g/mol. The molecule has 0 aromatic carbocycles. The molecule has 0 spiro atoms. The summed E-state index contributed by atoms with van der Waals surface area (Å²) < 4.78 is 7.00. The van der Waals surface area contributed by atoms with Gasteiger partial charge >= 0.3 is 5.97 Å². The largest absolute Gasteiger partial charge is 0.481 e. The summed E-state index contributed by atoms with van der Waals surface area (Å²) in [6.45, 7) is 4.66. The number of aryl methyl sites for hydroxylation is 1. The number of rotatable bonds is 6. The van der Waals surface area contributed by atoms with E-state index in [-0.39, 0.29) is 11.7 Å². The molecule has 0 bridgehead atoms. The smallest absolute Gasteiger partial charge is 0.313 e. The Morgan fingerprint density at radius 2 is 2.05 bits per heavy atom. The van der Waals surface area contributed by atoms with Crippen molar-refractivity contribution in [1.29, 1.82) is 0 Å². The number of hydrogen-bond donors (Lipinski definition) is 1. The lowest BCUT2D eigenvalue weighted by molar-refractivity contribution is -0.135. The first-order chi connectivity index (χ1) is 10.1. The Labute approximate surface area is 126 Å². The summed E-state index contributed by atoms with van der Waals surface area (Å²) in [6.07, 6.45) is 0.347. The number of amides is 1. The van der Waals surface area contributed by atoms with Gasteiger partial charge in [0.25, 0.3) is 0 Å². The number of aliphatic carboxylic acids is 1. The van der Waals surface area contributed by atoms with Gasteiger partial charge in [0.2, 0.25) is 5.91 Å². The van der Waals surface area contributed by atoms with E-state index in [4.69, 9.17) is 9.84 Å². The SMILES string of the molecule is Cc1nnc(SCC(=O)O)n1CCC(=O)N1CCOCC1. The highest BCUT2D eigenvalue weighted by Crippen LogP contribution is 2.17. The Hall–Kier alpha value is -1.61. The second-order valence-electron chi connectivity index (χ2n) is 4.61. The van der Waals surface area contributed by atoms with E-state index in [0.717, 1.165) is 11.8 Å². The van der Waals surface area contributed by atoms with Crippen LogP contribution in [0.2, 0.25) is 0 Å². The van der Waals surface area contributed by atoms with Gasteiger partial charge in [-0.2, -0.15) is 0 Å². The molecule has 1 aromatic heterocycles. The molecule has 1 N–H and O–H groups in total. The number of ether oxygens (including phenoxy) is 1. The Morgan fingerprint density at radius 3 is 2.71 bits per heavy atom. The first-order valence-electron chi connectivity index (χ1n) is 6.68. The van der Waals surface area contributed by atoms with Gasteiger partial charge in [-0.3, -0.25) is 9.59 Å². The Bertz CT molecular complexity index is 513. The Balaban J connectivity index is 1.91. The van der Waals surface area contributed by atoms with Crippen LogP contribution in [-0.4, -0.2) is 68.7 Å². The van der Waals surface area contributed by atoms with E-state index in [9.17, 15) is 9.59 Å². The molecule has 1 aliphatic heterocycles. The number of morpholine rings is 1. The summed E-state index contributed by atoms with van der Waals surface area (Å²) in [6, 6.07) is 0. The van der Waals surface area contributed by atoms with Crippen LogP contribution in [0.25, 0.3) is 0 Å². The van der Waals surface area contributed by atoms with E-state index in [0.29, 0.717) is 50.2 Å². The lowest BCUT2D eigenvalue weighted by Gasteiger charge is -2.27. The molecule has 0 atom stereocenters. The monoisotopic (exact) mass is 314 g/mol. The maximum absolute atomic E-state index is 12.1. The maximum Gasteiger partial charge on any atom is 0.313 e. The van der Waals surface area contributed by atoms with E-state index in [2.05, 4.69) is 10.2 Å². The number of carboxylic acid groups (broad SMARTS) is 1. The van der Waals surface area contributed by atoms with E-state index >= 15 is 0 Å². The van der Waals surface area contributed by atoms with Crippen LogP contribution in [0.3, 0.4) is 0 Å². The third-order valence-electron chi connectivity index (χ3n) is 3.14. The van der Waals surface area contributed by atoms with Crippen molar-refractivity contribution in [2.75, 3.05) is 32.1 Å². The fourth-order valence-electron chi connectivity index (χ4n) is 2.03. The molecule has 0 saturated carbocycles. The second kappa shape index (κ2) is 7.41. The van der Waals surface area contributed by atoms with E-state index < -0.39 is 5.97 Å². The molecule has 2 rings (SSSR count). The van der Waals surface area contributed by atoms with Gasteiger partial charge in [-0.25, -0.2) is 0 Å². The molecule has 9 heteroatoms. The van der Waals surface area contributed by atoms with Crippen LogP contribution in [-0.2, 0) is 20.9 Å². The standard InChI is InChI=1S/C12H18N4O4S/c1-9-13-14-12(21-8-11(18)19)16(9)3-2-10(17)15-4-6-20-7-5-15/h2-8H2,1H3,(H,18,19). The number of thioether (sulfide) groups is 1. The van der Waals surface area contributed by atoms with Gasteiger partial charge < -0.3 is 19.3 Å². The number of aromatic nitrogens is 3. The third-order valence-corrected chi connectivity index (χ3v) is 4.09. The summed E-state index contributed by atoms with van der Waals surface area (Å²) in [5.74, 6) is -0.231. The highest BCUT2D eigenvalue weighted by Gasteiger charge is 2.18. The van der Waals surface area contributed by atoms with Gasteiger partial charge in [-0.05, 0) is 6.92 Å². The van der Waals surface area contributed by atoms with Crippen molar-refractivity contribution < 1.29 is 19.4 Å². The summed E-state index contributed by atoms with van der Waals surface area (Å²) in [4.78, 5) is 24.5. The summed E-state index contributed by atoms with van der Waals surface area (Å²) in [5, 5.41) is 17.1. The summed E-state index contributed by atoms with van der Waals surface area (Å²) in [5.41, 5.74) is 0. The van der Waals surface area contributed by atoms with Crippen LogP contribution >= 0.6 is 11.8 Å². The zero-order chi connectivity index (χ0) is 15.2. The van der Waals surface area contributed by atoms with Crippen molar-refractivity contribution in [3.05, 3.63) is 5.82 Å². The molecule has 8 nitrogen and oxygen atoms in total. The van der Waals surface area contributed by atoms with E-state index in [1.54, 1.807) is 16.4 Å². The minimum Gasteiger partial charge on any atom is -0.481 e. The second-order valence-corrected chi connectivity index (χ2v) is 5.55. The molecule has 1 aliphatic rings. The third kappa shape index (κ3) is 4.43. The number of carbonyl (C=O) groups excluding carboxylic acids is 1. The lowest BCUT2D eigenvalue weighted by atomic mass is 10.3. The van der Waals surface area contributed by atoms with Crippen LogP contribution in [0.4, 0.5) is 0 Å². The van der Waals surface area contributed by atoms with Crippen LogP contribution in [0.15, 0.2) is 5.16 Å². The number of carbonyl (C=O) groups is 2. The molecule has 2 heterocycles. The predicted molar refractivity (Wildman–Crippen MR) is 75.1 cm³/mol. The summed E-state index contributed by atoms with van der Waals surface area (Å²) >= 11 is 1.11. The van der Waals surface area contributed by atoms with Crippen LogP contribution in [0, 0.1) is 6.92 Å². The predicted octanol–water partition coefficient (Wildman–Crippen LogP) is 0.0121. The van der Waals surface area contributed by atoms with Crippen molar-refractivity contribution in [1.82, 2.24) is 19.7 Å². The number of carboxylic acids is 1. The van der Waals surface area contributed by atoms with E-state index in [1.807, 2.05) is 0 Å². The van der Waals surface area contributed by atoms with Gasteiger partial charge in [0, 0.05) is 26.1 Å². The zero-order valence-corrected chi connectivity index (χ0v) is 12.6. The number of nitrogens with zero attached hydrogens (tertiary/aromatic N) is 4. The lowest BCUT2D eigenvalue weighted by Crippen LogP contribution is -2.41. The van der Waals surface area contributed by atoms with Gasteiger partial charge in [-0.1, -0.05) is 11.8 Å². The van der Waals surface area contributed by atoms with Crippen molar-refractivity contribution in [2.24, 2.45) is 0 Å². The fraction of sp³-hybridized carbons (Fsp3) is 0.667. The van der Waals surface area contributed by atoms with Crippen molar-refractivity contribution in [3.63, 3.8) is 0 Å². The molecule has 0 aliphatic carbocycles. The first kappa shape index (κ1) is 15.8. The van der Waals surface area contributed by atoms with Crippen molar-refractivity contribution >= 4 is 23.6 Å². The molecule has 0 unspecified atom stereocenters. The maximum atomic E-state index is 12.1. The first-order valence-corrected chi connectivity index (χ1v) is 7.66. The normalized spacial score (nSPS) is 15.2. The molecular weight excluding hydrogens is 296 g/mol. The average Bonchev–Trinajstić information content (AvgIpc) is 2.84. The molecule has 1 aromatic rings. The molecule has 1 fully saturated rings. The van der Waals surface area contributed by atoms with Crippen LogP contribution < -0.4 is 0 Å². The fourth-order valence-corrected chi connectivity index (χ4v) is 2.76. The molecule has 1 amide bonds. The Kier molecular flexibility index (Phi) is 5.57. The molecule has 0 radical (unpaired) electrons. The summed E-state index contributed by atoms with van der Waals surface area (Å²) in [7, 11) is 0. The Morgan fingerprint density at radius 1 is 1.33 bits per heavy atom. The molecule has 1 saturated heterocycles. The number of hydrogen-bond acceptors (Lipinski definition) is 6. The van der Waals surface area contributed by atoms with E-state index in [1.165, 1.54) is 0 Å². The quantitative estimate of drug-likeness (QED) is 0.739. The molecule has 116 valence electrons.